The SMILES string of the molecule is CC(C1c2ccccc2-c2ccccc21)C1c2ccccc2-c2ccccc21.[Cl-].[Cl-].[Hf+2]. The smallest absolute Gasteiger partial charge is 1.00 e. The molecule has 3 heteroatoms. The van der Waals surface area contributed by atoms with Crippen molar-refractivity contribution in [3.05, 3.63) is 119 Å². The predicted molar refractivity (Wildman–Crippen MR) is 117 cm³/mol. The molecule has 31 heavy (non-hydrogen) atoms. The summed E-state index contributed by atoms with van der Waals surface area (Å²) in [6, 6.07) is 36.0. The van der Waals surface area contributed by atoms with Crippen molar-refractivity contribution in [1.82, 2.24) is 0 Å². The fourth-order valence-corrected chi connectivity index (χ4v) is 5.71. The van der Waals surface area contributed by atoms with Crippen molar-refractivity contribution in [3.8, 4) is 22.3 Å². The van der Waals surface area contributed by atoms with Gasteiger partial charge in [-0.25, -0.2) is 0 Å². The molecule has 0 N–H and O–H groups in total. The molecule has 152 valence electrons. The van der Waals surface area contributed by atoms with Crippen LogP contribution in [-0.2, 0) is 25.8 Å². The summed E-state index contributed by atoms with van der Waals surface area (Å²) in [5, 5.41) is 0. The average molecular weight is 608 g/mol. The van der Waals surface area contributed by atoms with E-state index in [4.69, 9.17) is 0 Å². The molecule has 0 fully saturated rings. The van der Waals surface area contributed by atoms with Crippen molar-refractivity contribution in [3.63, 3.8) is 0 Å². The minimum Gasteiger partial charge on any atom is -1.00 e. The van der Waals surface area contributed by atoms with Crippen LogP contribution in [0.5, 0.6) is 0 Å². The molecule has 0 bridgehead atoms. The number of hydrogen-bond donors (Lipinski definition) is 0. The minimum atomic E-state index is 0. The molecule has 4 aromatic carbocycles. The molecule has 0 amide bonds. The Hall–Kier alpha value is -1.67. The Kier molecular flexibility index (Phi) is 7.31. The normalized spacial score (nSPS) is 13.2. The third kappa shape index (κ3) is 3.55. The fraction of sp³-hybridized carbons (Fsp3) is 0.143. The molecule has 0 saturated carbocycles. The first-order valence-corrected chi connectivity index (χ1v) is 10.2. The monoisotopic (exact) mass is 608 g/mol. The van der Waals surface area contributed by atoms with Crippen LogP contribution in [0.3, 0.4) is 0 Å². The maximum atomic E-state index is 2.45. The Labute approximate surface area is 215 Å². The van der Waals surface area contributed by atoms with E-state index in [0.717, 1.165) is 0 Å². The van der Waals surface area contributed by atoms with E-state index >= 15 is 0 Å². The van der Waals surface area contributed by atoms with Crippen LogP contribution in [0.4, 0.5) is 0 Å². The largest absolute Gasteiger partial charge is 2.00 e. The van der Waals surface area contributed by atoms with Gasteiger partial charge in [-0.2, -0.15) is 0 Å². The van der Waals surface area contributed by atoms with Crippen LogP contribution in [0.15, 0.2) is 97.1 Å². The van der Waals surface area contributed by atoms with E-state index in [9.17, 15) is 0 Å². The Morgan fingerprint density at radius 1 is 0.452 bits per heavy atom. The van der Waals surface area contributed by atoms with Gasteiger partial charge >= 0.3 is 25.8 Å². The molecule has 0 aliphatic heterocycles. The topological polar surface area (TPSA) is 0 Å². The summed E-state index contributed by atoms with van der Waals surface area (Å²) in [6.07, 6.45) is 0. The minimum absolute atomic E-state index is 0. The first-order valence-electron chi connectivity index (χ1n) is 10.2. The van der Waals surface area contributed by atoms with Crippen LogP contribution in [0, 0.1) is 5.92 Å². The number of halogens is 2. The molecule has 0 unspecified atom stereocenters. The van der Waals surface area contributed by atoms with E-state index in [1.54, 1.807) is 0 Å². The molecule has 0 saturated heterocycles. The van der Waals surface area contributed by atoms with E-state index in [1.165, 1.54) is 44.5 Å². The molecule has 2 aliphatic carbocycles. The molecule has 0 atom stereocenters. The Balaban J connectivity index is 0.000000907. The first-order chi connectivity index (χ1) is 13.8. The Bertz CT molecular complexity index is 1030. The maximum absolute atomic E-state index is 2.45. The van der Waals surface area contributed by atoms with Gasteiger partial charge in [0.25, 0.3) is 0 Å². The Morgan fingerprint density at radius 2 is 0.677 bits per heavy atom. The quantitative estimate of drug-likeness (QED) is 0.301. The van der Waals surface area contributed by atoms with Crippen LogP contribution >= 0.6 is 0 Å². The summed E-state index contributed by atoms with van der Waals surface area (Å²) in [6.45, 7) is 2.45. The van der Waals surface area contributed by atoms with Gasteiger partial charge in [-0.1, -0.05) is 104 Å². The summed E-state index contributed by atoms with van der Waals surface area (Å²) < 4.78 is 0. The molecule has 0 aromatic heterocycles. The van der Waals surface area contributed by atoms with Gasteiger partial charge in [-0.15, -0.1) is 0 Å². The zero-order valence-corrected chi connectivity index (χ0v) is 22.3. The van der Waals surface area contributed by atoms with Crippen molar-refractivity contribution < 1.29 is 50.7 Å². The summed E-state index contributed by atoms with van der Waals surface area (Å²) in [4.78, 5) is 0. The van der Waals surface area contributed by atoms with E-state index in [2.05, 4.69) is 104 Å². The standard InChI is InChI=1S/C28H22.2ClH.Hf/c1-18(27-23-14-6-2-10-19(23)20-11-3-7-15-24(20)27)28-25-16-8-4-12-21(25)22-13-5-9-17-26(22)28;;;/h2-18,27-28H,1H3;2*1H;/q;;;+2/p-2. The third-order valence-electron chi connectivity index (χ3n) is 6.82. The molecule has 2 aliphatic rings. The van der Waals surface area contributed by atoms with Crippen molar-refractivity contribution in [1.29, 1.82) is 0 Å². The van der Waals surface area contributed by atoms with Crippen LogP contribution in [-0.4, -0.2) is 0 Å². The first kappa shape index (κ1) is 24.0. The summed E-state index contributed by atoms with van der Waals surface area (Å²) in [7, 11) is 0. The van der Waals surface area contributed by atoms with E-state index < -0.39 is 0 Å². The second-order valence-electron chi connectivity index (χ2n) is 8.16. The molecule has 0 nitrogen and oxygen atoms in total. The molecule has 0 radical (unpaired) electrons. The second-order valence-corrected chi connectivity index (χ2v) is 8.16. The van der Waals surface area contributed by atoms with Crippen molar-refractivity contribution in [2.45, 2.75) is 18.8 Å². The van der Waals surface area contributed by atoms with Crippen LogP contribution in [0.25, 0.3) is 22.3 Å². The average Bonchev–Trinajstić information content (AvgIpc) is 3.27. The summed E-state index contributed by atoms with van der Waals surface area (Å²) in [5.74, 6) is 1.34. The molecule has 0 heterocycles. The van der Waals surface area contributed by atoms with Crippen molar-refractivity contribution in [2.24, 2.45) is 5.92 Å². The van der Waals surface area contributed by atoms with E-state index in [0.29, 0.717) is 17.8 Å². The van der Waals surface area contributed by atoms with Crippen LogP contribution in [0.1, 0.15) is 41.0 Å². The number of fused-ring (bicyclic) bond motifs is 6. The molecular formula is C28H22Cl2Hf. The van der Waals surface area contributed by atoms with Crippen LogP contribution in [0.2, 0.25) is 0 Å². The summed E-state index contributed by atoms with van der Waals surface area (Å²) >= 11 is 0. The number of benzene rings is 4. The van der Waals surface area contributed by atoms with Gasteiger partial charge in [0.15, 0.2) is 0 Å². The van der Waals surface area contributed by atoms with Crippen molar-refractivity contribution >= 4 is 0 Å². The Morgan fingerprint density at radius 3 is 0.935 bits per heavy atom. The van der Waals surface area contributed by atoms with E-state index in [-0.39, 0.29) is 50.7 Å². The zero-order valence-electron chi connectivity index (χ0n) is 17.2. The van der Waals surface area contributed by atoms with Gasteiger partial charge in [0.2, 0.25) is 0 Å². The van der Waals surface area contributed by atoms with Gasteiger partial charge in [-0.05, 0) is 50.4 Å². The zero-order chi connectivity index (χ0) is 18.7. The van der Waals surface area contributed by atoms with Crippen molar-refractivity contribution in [2.75, 3.05) is 0 Å². The maximum Gasteiger partial charge on any atom is 2.00 e. The van der Waals surface area contributed by atoms with Gasteiger partial charge < -0.3 is 24.8 Å². The van der Waals surface area contributed by atoms with E-state index in [1.807, 2.05) is 0 Å². The molecule has 4 aromatic rings. The predicted octanol–water partition coefficient (Wildman–Crippen LogP) is 1.25. The third-order valence-corrected chi connectivity index (χ3v) is 6.82. The molecule has 6 rings (SSSR count). The second kappa shape index (κ2) is 9.45. The van der Waals surface area contributed by atoms with Gasteiger partial charge in [0.1, 0.15) is 0 Å². The number of rotatable bonds is 2. The van der Waals surface area contributed by atoms with Gasteiger partial charge in [0, 0.05) is 11.8 Å². The van der Waals surface area contributed by atoms with Gasteiger partial charge in [0.05, 0.1) is 0 Å². The molecule has 0 spiro atoms. The summed E-state index contributed by atoms with van der Waals surface area (Å²) in [5.41, 5.74) is 11.6. The fourth-order valence-electron chi connectivity index (χ4n) is 5.71. The van der Waals surface area contributed by atoms with Gasteiger partial charge in [-0.3, -0.25) is 0 Å². The number of hydrogen-bond acceptors (Lipinski definition) is 0. The molecular weight excluding hydrogens is 586 g/mol. The van der Waals surface area contributed by atoms with Crippen LogP contribution < -0.4 is 24.8 Å².